The van der Waals surface area contributed by atoms with Gasteiger partial charge in [0.15, 0.2) is 5.60 Å². The summed E-state index contributed by atoms with van der Waals surface area (Å²) < 4.78 is 0. The van der Waals surface area contributed by atoms with Crippen molar-refractivity contribution in [3.63, 3.8) is 0 Å². The summed E-state index contributed by atoms with van der Waals surface area (Å²) in [6.45, 7) is -0.250. The van der Waals surface area contributed by atoms with Gasteiger partial charge in [0.1, 0.15) is 0 Å². The molecule has 0 unspecified atom stereocenters. The third-order valence-corrected chi connectivity index (χ3v) is 1.39. The molecule has 0 aliphatic heterocycles. The van der Waals surface area contributed by atoms with Crippen LogP contribution in [0, 0.1) is 0 Å². The second-order valence-electron chi connectivity index (χ2n) is 2.92. The number of carbonyl (C=O) groups is 3. The second-order valence-corrected chi connectivity index (χ2v) is 2.92. The predicted octanol–water partition coefficient (Wildman–Crippen LogP) is -2.28. The van der Waals surface area contributed by atoms with Crippen LogP contribution in [0.4, 0.5) is 0 Å². The molecule has 9 nitrogen and oxygen atoms in total. The van der Waals surface area contributed by atoms with Crippen molar-refractivity contribution in [3.8, 4) is 0 Å². The Labute approximate surface area is 95.5 Å². The van der Waals surface area contributed by atoms with E-state index in [1.54, 1.807) is 0 Å². The molecule has 17 heavy (non-hydrogen) atoms. The van der Waals surface area contributed by atoms with Crippen LogP contribution in [0.25, 0.3) is 0 Å². The fourth-order valence-corrected chi connectivity index (χ4v) is 0.714. The molecule has 0 amide bonds. The summed E-state index contributed by atoms with van der Waals surface area (Å²) in [6, 6.07) is 0. The smallest absolute Gasteiger partial charge is 0.336 e. The SMILES string of the molecule is O=C(O)CC(O)(CC(=O)O)C(=O)O.OCCO. The minimum absolute atomic E-state index is 0.125. The van der Waals surface area contributed by atoms with E-state index in [1.807, 2.05) is 0 Å². The topological polar surface area (TPSA) is 173 Å². The summed E-state index contributed by atoms with van der Waals surface area (Å²) in [6.07, 6.45) is -2.29. The molecule has 0 spiro atoms. The molecule has 0 saturated heterocycles. The molecule has 100 valence electrons. The Hall–Kier alpha value is -1.71. The lowest BCUT2D eigenvalue weighted by Crippen LogP contribution is -2.42. The lowest BCUT2D eigenvalue weighted by molar-refractivity contribution is -0.170. The number of rotatable bonds is 6. The quantitative estimate of drug-likeness (QED) is 0.305. The van der Waals surface area contributed by atoms with Crippen LogP contribution < -0.4 is 0 Å². The maximum Gasteiger partial charge on any atom is 0.336 e. The van der Waals surface area contributed by atoms with Crippen molar-refractivity contribution in [2.75, 3.05) is 13.2 Å². The molecule has 0 radical (unpaired) electrons. The Bertz CT molecular complexity index is 254. The zero-order valence-electron chi connectivity index (χ0n) is 8.74. The summed E-state index contributed by atoms with van der Waals surface area (Å²) in [5.41, 5.74) is -2.74. The molecule has 0 aromatic carbocycles. The number of aliphatic hydroxyl groups excluding tert-OH is 2. The molecular formula is C8H14O9. The average Bonchev–Trinajstić information content (AvgIpc) is 2.15. The van der Waals surface area contributed by atoms with Gasteiger partial charge in [0.2, 0.25) is 0 Å². The van der Waals surface area contributed by atoms with Crippen molar-refractivity contribution in [1.29, 1.82) is 0 Å². The second kappa shape index (κ2) is 8.44. The van der Waals surface area contributed by atoms with Crippen molar-refractivity contribution >= 4 is 17.9 Å². The van der Waals surface area contributed by atoms with Crippen LogP contribution >= 0.6 is 0 Å². The normalized spacial score (nSPS) is 10.1. The lowest BCUT2D eigenvalue weighted by Gasteiger charge is -2.18. The first-order valence-corrected chi connectivity index (χ1v) is 4.30. The molecule has 0 fully saturated rings. The van der Waals surface area contributed by atoms with Crippen molar-refractivity contribution < 1.29 is 45.0 Å². The first-order chi connectivity index (χ1) is 7.69. The number of aliphatic hydroxyl groups is 3. The van der Waals surface area contributed by atoms with Crippen LogP contribution in [0.2, 0.25) is 0 Å². The summed E-state index contributed by atoms with van der Waals surface area (Å²) in [5, 5.41) is 49.1. The molecule has 0 aromatic rings. The molecule has 9 heteroatoms. The van der Waals surface area contributed by atoms with E-state index in [2.05, 4.69) is 0 Å². The van der Waals surface area contributed by atoms with Crippen LogP contribution in [0.3, 0.4) is 0 Å². The van der Waals surface area contributed by atoms with Gasteiger partial charge < -0.3 is 30.6 Å². The van der Waals surface area contributed by atoms with Crippen molar-refractivity contribution in [2.24, 2.45) is 0 Å². The highest BCUT2D eigenvalue weighted by Crippen LogP contribution is 2.15. The summed E-state index contributed by atoms with van der Waals surface area (Å²) in [7, 11) is 0. The standard InChI is InChI=1S/C6H8O7.C2H6O2/c7-3(8)1-6(13,5(11)12)2-4(9)10;3-1-2-4/h13H,1-2H2,(H,7,8)(H,9,10)(H,11,12);3-4H,1-2H2. The highest BCUT2D eigenvalue weighted by Gasteiger charge is 2.40. The Morgan fingerprint density at radius 2 is 1.12 bits per heavy atom. The number of aliphatic carboxylic acids is 3. The van der Waals surface area contributed by atoms with Gasteiger partial charge in [-0.05, 0) is 0 Å². The number of hydrogen-bond acceptors (Lipinski definition) is 6. The third kappa shape index (κ3) is 9.23. The Balaban J connectivity index is 0. The maximum absolute atomic E-state index is 10.3. The first kappa shape index (κ1) is 17.7. The fourth-order valence-electron chi connectivity index (χ4n) is 0.714. The molecule has 6 N–H and O–H groups in total. The third-order valence-electron chi connectivity index (χ3n) is 1.39. The molecule has 0 bridgehead atoms. The van der Waals surface area contributed by atoms with Crippen LogP contribution in [0.15, 0.2) is 0 Å². The summed E-state index contributed by atoms with van der Waals surface area (Å²) in [4.78, 5) is 30.5. The molecule has 0 atom stereocenters. The number of carboxylic acid groups (broad SMARTS) is 3. The number of hydrogen-bond donors (Lipinski definition) is 6. The van der Waals surface area contributed by atoms with Crippen LogP contribution in [0.1, 0.15) is 12.8 Å². The largest absolute Gasteiger partial charge is 0.481 e. The predicted molar refractivity (Wildman–Crippen MR) is 51.3 cm³/mol. The van der Waals surface area contributed by atoms with Gasteiger partial charge in [-0.15, -0.1) is 0 Å². The van der Waals surface area contributed by atoms with Gasteiger partial charge >= 0.3 is 17.9 Å². The van der Waals surface area contributed by atoms with Gasteiger partial charge in [0, 0.05) is 0 Å². The van der Waals surface area contributed by atoms with E-state index in [0.717, 1.165) is 0 Å². The van der Waals surface area contributed by atoms with E-state index >= 15 is 0 Å². The monoisotopic (exact) mass is 254 g/mol. The van der Waals surface area contributed by atoms with Gasteiger partial charge in [-0.1, -0.05) is 0 Å². The van der Waals surface area contributed by atoms with Crippen LogP contribution in [-0.4, -0.2) is 67.4 Å². The highest BCUT2D eigenvalue weighted by atomic mass is 16.4. The van der Waals surface area contributed by atoms with Crippen molar-refractivity contribution in [3.05, 3.63) is 0 Å². The zero-order chi connectivity index (χ0) is 14.1. The molecule has 0 rings (SSSR count). The minimum Gasteiger partial charge on any atom is -0.481 e. The molecular weight excluding hydrogens is 240 g/mol. The molecule has 0 aromatic heterocycles. The molecule has 0 aliphatic carbocycles. The zero-order valence-corrected chi connectivity index (χ0v) is 8.74. The highest BCUT2D eigenvalue weighted by molar-refractivity contribution is 5.88. The van der Waals surface area contributed by atoms with Crippen LogP contribution in [-0.2, 0) is 14.4 Å². The van der Waals surface area contributed by atoms with E-state index in [1.165, 1.54) is 0 Å². The minimum atomic E-state index is -2.74. The summed E-state index contributed by atoms with van der Waals surface area (Å²) in [5.74, 6) is -5.02. The van der Waals surface area contributed by atoms with E-state index in [0.29, 0.717) is 0 Å². The molecule has 0 heterocycles. The van der Waals surface area contributed by atoms with Gasteiger partial charge in [0.05, 0.1) is 26.1 Å². The lowest BCUT2D eigenvalue weighted by atomic mass is 9.96. The molecule has 0 saturated carbocycles. The average molecular weight is 254 g/mol. The Morgan fingerprint density at radius 3 is 1.24 bits per heavy atom. The van der Waals surface area contributed by atoms with E-state index in [9.17, 15) is 14.4 Å². The van der Waals surface area contributed by atoms with Crippen molar-refractivity contribution in [1.82, 2.24) is 0 Å². The summed E-state index contributed by atoms with van der Waals surface area (Å²) >= 11 is 0. The Kier molecular flexibility index (Phi) is 8.78. The Morgan fingerprint density at radius 1 is 0.824 bits per heavy atom. The van der Waals surface area contributed by atoms with Gasteiger partial charge in [-0.2, -0.15) is 0 Å². The molecule has 0 aliphatic rings. The van der Waals surface area contributed by atoms with Crippen LogP contribution in [0.5, 0.6) is 0 Å². The number of carboxylic acids is 3. The van der Waals surface area contributed by atoms with Crippen molar-refractivity contribution in [2.45, 2.75) is 18.4 Å². The maximum atomic E-state index is 10.3. The first-order valence-electron chi connectivity index (χ1n) is 4.30. The van der Waals surface area contributed by atoms with Gasteiger partial charge in [-0.3, -0.25) is 9.59 Å². The van der Waals surface area contributed by atoms with E-state index < -0.39 is 36.4 Å². The van der Waals surface area contributed by atoms with Gasteiger partial charge in [-0.25, -0.2) is 4.79 Å². The van der Waals surface area contributed by atoms with E-state index in [-0.39, 0.29) is 13.2 Å². The van der Waals surface area contributed by atoms with Gasteiger partial charge in [0.25, 0.3) is 0 Å². The van der Waals surface area contributed by atoms with E-state index in [4.69, 9.17) is 30.6 Å². The fraction of sp³-hybridized carbons (Fsp3) is 0.625.